The molecule has 2 saturated carbocycles. The molecular weight excluding hydrogens is 356 g/mol. The van der Waals surface area contributed by atoms with Crippen LogP contribution in [0.3, 0.4) is 0 Å². The largest absolute Gasteiger partial charge is 0.495 e. The number of carbonyl (C=O) groups excluding carboxylic acids is 2. The minimum Gasteiger partial charge on any atom is -0.495 e. The van der Waals surface area contributed by atoms with E-state index in [4.69, 9.17) is 21.1 Å². The molecule has 142 valence electrons. The zero-order valence-corrected chi connectivity index (χ0v) is 15.9. The maximum Gasteiger partial charge on any atom is 0.240 e. The van der Waals surface area contributed by atoms with Crippen molar-refractivity contribution >= 4 is 29.1 Å². The van der Waals surface area contributed by atoms with Gasteiger partial charge in [-0.05, 0) is 25.7 Å². The van der Waals surface area contributed by atoms with Crippen molar-refractivity contribution in [2.75, 3.05) is 19.5 Å². The molecule has 2 fully saturated rings. The van der Waals surface area contributed by atoms with Gasteiger partial charge in [-0.1, -0.05) is 30.9 Å². The number of methoxy groups -OCH3 is 2. The van der Waals surface area contributed by atoms with Gasteiger partial charge in [0.1, 0.15) is 16.9 Å². The number of halogens is 1. The van der Waals surface area contributed by atoms with E-state index in [2.05, 4.69) is 10.6 Å². The number of ether oxygens (including phenoxy) is 2. The number of rotatable bonds is 6. The quantitative estimate of drug-likeness (QED) is 0.740. The third kappa shape index (κ3) is 3.75. The van der Waals surface area contributed by atoms with E-state index in [1.165, 1.54) is 20.6 Å². The fraction of sp³-hybridized carbons (Fsp3) is 0.579. The first-order valence-corrected chi connectivity index (χ1v) is 9.42. The summed E-state index contributed by atoms with van der Waals surface area (Å²) in [5.74, 6) is 0.377. The zero-order chi connectivity index (χ0) is 18.7. The summed E-state index contributed by atoms with van der Waals surface area (Å²) in [6.45, 7) is 0. The number of carbonyl (C=O) groups is 2. The fourth-order valence-electron chi connectivity index (χ4n) is 3.45. The lowest BCUT2D eigenvalue weighted by atomic mass is 9.94. The first-order valence-electron chi connectivity index (χ1n) is 9.04. The SMILES string of the molecule is COc1cc(NC(=O)C2(C(=O)NC3CCCCC3)CC2)c(OC)cc1Cl. The number of anilines is 1. The maximum atomic E-state index is 12.8. The molecule has 0 aromatic heterocycles. The molecular formula is C19H25ClN2O4. The Balaban J connectivity index is 1.72. The highest BCUT2D eigenvalue weighted by Crippen LogP contribution is 2.48. The molecule has 1 aromatic carbocycles. The van der Waals surface area contributed by atoms with Crippen LogP contribution in [0, 0.1) is 5.41 Å². The van der Waals surface area contributed by atoms with E-state index in [0.717, 1.165) is 25.7 Å². The third-order valence-electron chi connectivity index (χ3n) is 5.28. The van der Waals surface area contributed by atoms with E-state index in [-0.39, 0.29) is 17.9 Å². The van der Waals surface area contributed by atoms with Gasteiger partial charge in [0, 0.05) is 18.2 Å². The average molecular weight is 381 g/mol. The molecule has 1 aromatic rings. The van der Waals surface area contributed by atoms with Crippen LogP contribution >= 0.6 is 11.6 Å². The van der Waals surface area contributed by atoms with Crippen molar-refractivity contribution in [2.45, 2.75) is 51.0 Å². The molecule has 26 heavy (non-hydrogen) atoms. The normalized spacial score (nSPS) is 18.7. The Hall–Kier alpha value is -1.95. The maximum absolute atomic E-state index is 12.8. The van der Waals surface area contributed by atoms with Gasteiger partial charge in [0.15, 0.2) is 0 Å². The molecule has 7 heteroatoms. The second-order valence-electron chi connectivity index (χ2n) is 7.03. The van der Waals surface area contributed by atoms with E-state index < -0.39 is 5.41 Å². The number of benzene rings is 1. The van der Waals surface area contributed by atoms with Gasteiger partial charge >= 0.3 is 0 Å². The van der Waals surface area contributed by atoms with Gasteiger partial charge in [0.05, 0.1) is 24.9 Å². The molecule has 3 rings (SSSR count). The topological polar surface area (TPSA) is 76.7 Å². The van der Waals surface area contributed by atoms with Crippen LogP contribution in [0.4, 0.5) is 5.69 Å². The number of amides is 2. The van der Waals surface area contributed by atoms with Crippen molar-refractivity contribution in [1.82, 2.24) is 5.32 Å². The molecule has 0 radical (unpaired) electrons. The van der Waals surface area contributed by atoms with E-state index >= 15 is 0 Å². The Labute approximate surface area is 158 Å². The summed E-state index contributed by atoms with van der Waals surface area (Å²) in [6, 6.07) is 3.37. The highest BCUT2D eigenvalue weighted by atomic mass is 35.5. The molecule has 6 nitrogen and oxygen atoms in total. The minimum atomic E-state index is -0.977. The zero-order valence-electron chi connectivity index (χ0n) is 15.2. The van der Waals surface area contributed by atoms with Gasteiger partial charge in [0.25, 0.3) is 0 Å². The first-order chi connectivity index (χ1) is 12.5. The van der Waals surface area contributed by atoms with Crippen molar-refractivity contribution in [1.29, 1.82) is 0 Å². The Bertz CT molecular complexity index is 697. The molecule has 0 spiro atoms. The number of hydrogen-bond donors (Lipinski definition) is 2. The van der Waals surface area contributed by atoms with Crippen LogP contribution in [0.5, 0.6) is 11.5 Å². The lowest BCUT2D eigenvalue weighted by Gasteiger charge is -2.25. The van der Waals surface area contributed by atoms with E-state index in [0.29, 0.717) is 35.1 Å². The molecule has 0 heterocycles. The summed E-state index contributed by atoms with van der Waals surface area (Å²) in [6.07, 6.45) is 6.58. The van der Waals surface area contributed by atoms with Crippen LogP contribution < -0.4 is 20.1 Å². The minimum absolute atomic E-state index is 0.165. The summed E-state index contributed by atoms with van der Waals surface area (Å²) in [7, 11) is 3.00. The Morgan fingerprint density at radius 1 is 1.04 bits per heavy atom. The standard InChI is InChI=1S/C19H25ClN2O4/c1-25-15-11-14(16(26-2)10-13(15)20)22-18(24)19(8-9-19)17(23)21-12-6-4-3-5-7-12/h10-12H,3-9H2,1-2H3,(H,21,23)(H,22,24). The highest BCUT2D eigenvalue weighted by molar-refractivity contribution is 6.32. The molecule has 2 N–H and O–H groups in total. The van der Waals surface area contributed by atoms with Gasteiger partial charge in [-0.2, -0.15) is 0 Å². The number of hydrogen-bond acceptors (Lipinski definition) is 4. The summed E-state index contributed by atoms with van der Waals surface area (Å²) < 4.78 is 10.5. The van der Waals surface area contributed by atoms with Gasteiger partial charge in [-0.3, -0.25) is 9.59 Å². The van der Waals surface area contributed by atoms with E-state index in [9.17, 15) is 9.59 Å². The second-order valence-corrected chi connectivity index (χ2v) is 7.44. The van der Waals surface area contributed by atoms with Gasteiger partial charge in [0.2, 0.25) is 11.8 Å². The van der Waals surface area contributed by atoms with Gasteiger partial charge in [-0.15, -0.1) is 0 Å². The Morgan fingerprint density at radius 2 is 1.69 bits per heavy atom. The van der Waals surface area contributed by atoms with Crippen molar-refractivity contribution in [2.24, 2.45) is 5.41 Å². The van der Waals surface area contributed by atoms with Crippen molar-refractivity contribution in [3.05, 3.63) is 17.2 Å². The number of nitrogens with one attached hydrogen (secondary N) is 2. The summed E-state index contributed by atoms with van der Waals surface area (Å²) >= 11 is 6.10. The Kier molecular flexibility index (Phi) is 5.61. The third-order valence-corrected chi connectivity index (χ3v) is 5.58. The van der Waals surface area contributed by atoms with Crippen molar-refractivity contribution in [3.63, 3.8) is 0 Å². The monoisotopic (exact) mass is 380 g/mol. The molecule has 0 saturated heterocycles. The Morgan fingerprint density at radius 3 is 2.27 bits per heavy atom. The molecule has 0 aliphatic heterocycles. The fourth-order valence-corrected chi connectivity index (χ4v) is 3.68. The van der Waals surface area contributed by atoms with E-state index in [1.807, 2.05) is 0 Å². The van der Waals surface area contributed by atoms with Crippen LogP contribution in [0.25, 0.3) is 0 Å². The predicted molar refractivity (Wildman–Crippen MR) is 99.9 cm³/mol. The molecule has 2 amide bonds. The van der Waals surface area contributed by atoms with Crippen molar-refractivity contribution < 1.29 is 19.1 Å². The summed E-state index contributed by atoms with van der Waals surface area (Å²) in [5, 5.41) is 6.28. The van der Waals surface area contributed by atoms with Crippen LogP contribution in [-0.4, -0.2) is 32.1 Å². The predicted octanol–water partition coefficient (Wildman–Crippen LogP) is 3.52. The second kappa shape index (κ2) is 7.74. The van der Waals surface area contributed by atoms with Gasteiger partial charge < -0.3 is 20.1 Å². The molecule has 0 unspecified atom stereocenters. The highest BCUT2D eigenvalue weighted by Gasteiger charge is 2.57. The molecule has 2 aliphatic rings. The van der Waals surface area contributed by atoms with Crippen LogP contribution in [0.2, 0.25) is 5.02 Å². The summed E-state index contributed by atoms with van der Waals surface area (Å²) in [4.78, 5) is 25.5. The smallest absolute Gasteiger partial charge is 0.240 e. The molecule has 0 bridgehead atoms. The van der Waals surface area contributed by atoms with E-state index in [1.54, 1.807) is 12.1 Å². The van der Waals surface area contributed by atoms with Crippen LogP contribution in [-0.2, 0) is 9.59 Å². The molecule has 2 aliphatic carbocycles. The van der Waals surface area contributed by atoms with Crippen LogP contribution in [0.15, 0.2) is 12.1 Å². The molecule has 0 atom stereocenters. The van der Waals surface area contributed by atoms with Crippen LogP contribution in [0.1, 0.15) is 44.9 Å². The summed E-state index contributed by atoms with van der Waals surface area (Å²) in [5.41, 5.74) is -0.537. The lowest BCUT2D eigenvalue weighted by Crippen LogP contribution is -2.45. The van der Waals surface area contributed by atoms with Crippen molar-refractivity contribution in [3.8, 4) is 11.5 Å². The first kappa shape index (κ1) is 18.8. The van der Waals surface area contributed by atoms with Gasteiger partial charge in [-0.25, -0.2) is 0 Å². The average Bonchev–Trinajstić information content (AvgIpc) is 3.45. The lowest BCUT2D eigenvalue weighted by molar-refractivity contribution is -0.135.